The number of nitrogen functional groups attached to an aromatic ring is 1. The number of rotatable bonds is 5. The molecule has 0 radical (unpaired) electrons. The van der Waals surface area contributed by atoms with Crippen LogP contribution in [0.1, 0.15) is 22.3 Å². The Morgan fingerprint density at radius 3 is 2.50 bits per heavy atom. The number of hydrogen-bond donors (Lipinski definition) is 2. The normalized spacial score (nSPS) is 10.5. The molecule has 0 saturated carbocycles. The number of thioether (sulfide) groups is 1. The van der Waals surface area contributed by atoms with Gasteiger partial charge in [-0.3, -0.25) is 5.41 Å². The van der Waals surface area contributed by atoms with E-state index in [0.29, 0.717) is 0 Å². The van der Waals surface area contributed by atoms with E-state index in [1.807, 2.05) is 48.2 Å². The summed E-state index contributed by atoms with van der Waals surface area (Å²) in [5.41, 5.74) is 9.87. The lowest BCUT2D eigenvalue weighted by molar-refractivity contribution is 1.28. The third-order valence-corrected chi connectivity index (χ3v) is 4.53. The van der Waals surface area contributed by atoms with Crippen LogP contribution < -0.4 is 5.73 Å². The van der Waals surface area contributed by atoms with Gasteiger partial charge in [0.2, 0.25) is 0 Å². The molecule has 2 nitrogen and oxygen atoms in total. The Kier molecular flexibility index (Phi) is 5.10. The van der Waals surface area contributed by atoms with Gasteiger partial charge in [-0.15, -0.1) is 0 Å². The quantitative estimate of drug-likeness (QED) is 0.636. The van der Waals surface area contributed by atoms with E-state index in [1.165, 1.54) is 11.1 Å². The SMILES string of the molecule is Cc1cc(C(=N)N)ccc1CSCc1ccccc1Cl. The summed E-state index contributed by atoms with van der Waals surface area (Å²) in [6, 6.07) is 13.8. The Bertz CT molecular complexity index is 626. The van der Waals surface area contributed by atoms with Crippen LogP contribution >= 0.6 is 23.4 Å². The number of benzene rings is 2. The van der Waals surface area contributed by atoms with Crippen LogP contribution in [0.3, 0.4) is 0 Å². The highest BCUT2D eigenvalue weighted by Gasteiger charge is 2.04. The smallest absolute Gasteiger partial charge is 0.122 e. The van der Waals surface area contributed by atoms with Gasteiger partial charge in [-0.2, -0.15) is 11.8 Å². The number of nitrogens with two attached hydrogens (primary N) is 1. The van der Waals surface area contributed by atoms with Crippen LogP contribution in [0.4, 0.5) is 0 Å². The van der Waals surface area contributed by atoms with Crippen molar-refractivity contribution in [3.05, 3.63) is 69.7 Å². The lowest BCUT2D eigenvalue weighted by Crippen LogP contribution is -2.11. The van der Waals surface area contributed by atoms with Crippen LogP contribution in [0.5, 0.6) is 0 Å². The second-order valence-corrected chi connectivity index (χ2v) is 6.03. The minimum absolute atomic E-state index is 0.114. The summed E-state index contributed by atoms with van der Waals surface area (Å²) >= 11 is 7.97. The van der Waals surface area contributed by atoms with Crippen LogP contribution in [-0.2, 0) is 11.5 Å². The molecule has 2 rings (SSSR count). The van der Waals surface area contributed by atoms with Gasteiger partial charge in [-0.05, 0) is 35.7 Å². The topological polar surface area (TPSA) is 49.9 Å². The van der Waals surface area contributed by atoms with Crippen molar-refractivity contribution >= 4 is 29.2 Å². The van der Waals surface area contributed by atoms with Gasteiger partial charge in [0, 0.05) is 22.1 Å². The summed E-state index contributed by atoms with van der Waals surface area (Å²) in [6.45, 7) is 2.05. The number of amidine groups is 1. The maximum atomic E-state index is 7.43. The van der Waals surface area contributed by atoms with Crippen molar-refractivity contribution in [3.8, 4) is 0 Å². The van der Waals surface area contributed by atoms with Gasteiger partial charge in [-0.1, -0.05) is 41.9 Å². The molecule has 0 atom stereocenters. The fourth-order valence-corrected chi connectivity index (χ4v) is 3.31. The van der Waals surface area contributed by atoms with Crippen LogP contribution in [0.2, 0.25) is 5.02 Å². The standard InChI is InChI=1S/C16H17ClN2S/c1-11-8-12(16(18)19)6-7-13(11)9-20-10-14-4-2-3-5-15(14)17/h2-8H,9-10H2,1H3,(H3,18,19). The highest BCUT2D eigenvalue weighted by Crippen LogP contribution is 2.24. The molecule has 104 valence electrons. The minimum atomic E-state index is 0.114. The molecule has 2 aromatic carbocycles. The number of hydrogen-bond acceptors (Lipinski definition) is 2. The van der Waals surface area contributed by atoms with Crippen LogP contribution in [0.15, 0.2) is 42.5 Å². The van der Waals surface area contributed by atoms with Gasteiger partial charge in [0.15, 0.2) is 0 Å². The van der Waals surface area contributed by atoms with Gasteiger partial charge in [0.1, 0.15) is 5.84 Å². The van der Waals surface area contributed by atoms with E-state index in [9.17, 15) is 0 Å². The molecule has 0 bridgehead atoms. The van der Waals surface area contributed by atoms with Crippen molar-refractivity contribution in [1.29, 1.82) is 5.41 Å². The van der Waals surface area contributed by atoms with Crippen LogP contribution in [-0.4, -0.2) is 5.84 Å². The van der Waals surface area contributed by atoms with Gasteiger partial charge in [-0.25, -0.2) is 0 Å². The molecule has 0 spiro atoms. The van der Waals surface area contributed by atoms with Gasteiger partial charge >= 0.3 is 0 Å². The Hall–Kier alpha value is -1.45. The summed E-state index contributed by atoms with van der Waals surface area (Å²) < 4.78 is 0. The van der Waals surface area contributed by atoms with Crippen molar-refractivity contribution in [2.24, 2.45) is 5.73 Å². The van der Waals surface area contributed by atoms with E-state index >= 15 is 0 Å². The fourth-order valence-electron chi connectivity index (χ4n) is 1.91. The monoisotopic (exact) mass is 304 g/mol. The molecule has 20 heavy (non-hydrogen) atoms. The highest BCUT2D eigenvalue weighted by atomic mass is 35.5. The number of aryl methyl sites for hydroxylation is 1. The molecule has 0 amide bonds. The Morgan fingerprint density at radius 2 is 1.85 bits per heavy atom. The molecule has 0 fully saturated rings. The summed E-state index contributed by atoms with van der Waals surface area (Å²) in [4.78, 5) is 0. The average Bonchev–Trinajstić information content (AvgIpc) is 2.42. The summed E-state index contributed by atoms with van der Waals surface area (Å²) in [5, 5.41) is 8.26. The second kappa shape index (κ2) is 6.82. The van der Waals surface area contributed by atoms with E-state index in [1.54, 1.807) is 0 Å². The van der Waals surface area contributed by atoms with E-state index < -0.39 is 0 Å². The lowest BCUT2D eigenvalue weighted by Gasteiger charge is -2.08. The van der Waals surface area contributed by atoms with Crippen molar-refractivity contribution in [1.82, 2.24) is 0 Å². The third-order valence-electron chi connectivity index (χ3n) is 3.13. The third kappa shape index (κ3) is 3.78. The molecule has 0 saturated heterocycles. The molecule has 0 unspecified atom stereocenters. The largest absolute Gasteiger partial charge is 0.384 e. The zero-order chi connectivity index (χ0) is 14.5. The van der Waals surface area contributed by atoms with E-state index in [-0.39, 0.29) is 5.84 Å². The maximum Gasteiger partial charge on any atom is 0.122 e. The second-order valence-electron chi connectivity index (χ2n) is 4.64. The molecule has 0 aliphatic carbocycles. The first kappa shape index (κ1) is 14.9. The van der Waals surface area contributed by atoms with Crippen molar-refractivity contribution < 1.29 is 0 Å². The Morgan fingerprint density at radius 1 is 1.15 bits per heavy atom. The Balaban J connectivity index is 1.98. The fraction of sp³-hybridized carbons (Fsp3) is 0.188. The molecule has 2 aromatic rings. The Labute approximate surface area is 128 Å². The highest BCUT2D eigenvalue weighted by molar-refractivity contribution is 7.97. The lowest BCUT2D eigenvalue weighted by atomic mass is 10.1. The minimum Gasteiger partial charge on any atom is -0.384 e. The van der Waals surface area contributed by atoms with Gasteiger partial charge < -0.3 is 5.73 Å². The van der Waals surface area contributed by atoms with Crippen molar-refractivity contribution in [3.63, 3.8) is 0 Å². The zero-order valence-electron chi connectivity index (χ0n) is 11.3. The maximum absolute atomic E-state index is 7.43. The van der Waals surface area contributed by atoms with E-state index in [2.05, 4.69) is 13.0 Å². The van der Waals surface area contributed by atoms with Gasteiger partial charge in [0.25, 0.3) is 0 Å². The van der Waals surface area contributed by atoms with Gasteiger partial charge in [0.05, 0.1) is 0 Å². The molecular weight excluding hydrogens is 288 g/mol. The first-order valence-electron chi connectivity index (χ1n) is 6.33. The molecule has 0 aliphatic heterocycles. The van der Waals surface area contributed by atoms with Crippen molar-refractivity contribution in [2.75, 3.05) is 0 Å². The molecular formula is C16H17ClN2S. The summed E-state index contributed by atoms with van der Waals surface area (Å²) in [7, 11) is 0. The first-order chi connectivity index (χ1) is 9.58. The zero-order valence-corrected chi connectivity index (χ0v) is 12.9. The summed E-state index contributed by atoms with van der Waals surface area (Å²) in [5.74, 6) is 1.94. The predicted octanol–water partition coefficient (Wildman–Crippen LogP) is 4.37. The molecule has 0 heterocycles. The number of nitrogens with one attached hydrogen (secondary N) is 1. The van der Waals surface area contributed by atoms with Crippen LogP contribution in [0, 0.1) is 12.3 Å². The average molecular weight is 305 g/mol. The van der Waals surface area contributed by atoms with E-state index in [0.717, 1.165) is 27.7 Å². The predicted molar refractivity (Wildman–Crippen MR) is 88.6 cm³/mol. The first-order valence-corrected chi connectivity index (χ1v) is 7.86. The molecule has 0 aromatic heterocycles. The molecule has 4 heteroatoms. The van der Waals surface area contributed by atoms with E-state index in [4.69, 9.17) is 22.7 Å². The van der Waals surface area contributed by atoms with Crippen LogP contribution in [0.25, 0.3) is 0 Å². The molecule has 0 aliphatic rings. The van der Waals surface area contributed by atoms with Crippen molar-refractivity contribution in [2.45, 2.75) is 18.4 Å². The molecule has 3 N–H and O–H groups in total. The summed E-state index contributed by atoms with van der Waals surface area (Å²) in [6.07, 6.45) is 0. The number of halogens is 1.